The SMILES string of the molecule is Cc1nnc2n1N=C(c1ccc(F)cc1F)/C(=C\c1ccc(COc3ccc(C#N)cc3)o1)S2. The molecule has 0 saturated carbocycles. The maximum absolute atomic E-state index is 14.6. The van der Waals surface area contributed by atoms with Gasteiger partial charge in [0.05, 0.1) is 11.6 Å². The van der Waals surface area contributed by atoms with Crippen LogP contribution >= 0.6 is 11.8 Å². The average molecular weight is 475 g/mol. The van der Waals surface area contributed by atoms with Gasteiger partial charge in [-0.3, -0.25) is 0 Å². The Morgan fingerprint density at radius 3 is 2.71 bits per heavy atom. The van der Waals surface area contributed by atoms with Gasteiger partial charge in [0, 0.05) is 16.5 Å². The van der Waals surface area contributed by atoms with Crippen molar-refractivity contribution in [3.05, 3.63) is 99.6 Å². The van der Waals surface area contributed by atoms with Crippen LogP contribution in [0.2, 0.25) is 0 Å². The van der Waals surface area contributed by atoms with Crippen molar-refractivity contribution in [1.82, 2.24) is 14.9 Å². The zero-order chi connectivity index (χ0) is 23.7. The van der Waals surface area contributed by atoms with Crippen molar-refractivity contribution in [2.75, 3.05) is 0 Å². The maximum Gasteiger partial charge on any atom is 0.216 e. The van der Waals surface area contributed by atoms with Crippen molar-refractivity contribution in [3.63, 3.8) is 0 Å². The number of aromatic nitrogens is 3. The number of hydrogen-bond donors (Lipinski definition) is 0. The molecule has 1 aliphatic heterocycles. The summed E-state index contributed by atoms with van der Waals surface area (Å²) in [6, 6.07) is 15.7. The number of halogens is 2. The molecule has 10 heteroatoms. The van der Waals surface area contributed by atoms with E-state index in [1.807, 2.05) is 0 Å². The highest BCUT2D eigenvalue weighted by molar-refractivity contribution is 8.04. The molecule has 0 spiro atoms. The predicted molar refractivity (Wildman–Crippen MR) is 121 cm³/mol. The largest absolute Gasteiger partial charge is 0.486 e. The Labute approximate surface area is 197 Å². The molecule has 0 radical (unpaired) electrons. The highest BCUT2D eigenvalue weighted by Gasteiger charge is 2.25. The third kappa shape index (κ3) is 4.33. The second-order valence-electron chi connectivity index (χ2n) is 7.25. The van der Waals surface area contributed by atoms with Crippen LogP contribution in [0.25, 0.3) is 6.08 Å². The van der Waals surface area contributed by atoms with Crippen molar-refractivity contribution in [2.24, 2.45) is 5.10 Å². The number of allylic oxidation sites excluding steroid dienone is 1. The van der Waals surface area contributed by atoms with E-state index in [9.17, 15) is 8.78 Å². The zero-order valence-electron chi connectivity index (χ0n) is 17.7. The van der Waals surface area contributed by atoms with Crippen LogP contribution in [0.15, 0.2) is 74.2 Å². The van der Waals surface area contributed by atoms with Gasteiger partial charge in [-0.15, -0.1) is 10.2 Å². The lowest BCUT2D eigenvalue weighted by molar-refractivity contribution is 0.269. The summed E-state index contributed by atoms with van der Waals surface area (Å²) in [4.78, 5) is 0.569. The molecule has 0 unspecified atom stereocenters. The van der Waals surface area contributed by atoms with E-state index in [-0.39, 0.29) is 12.2 Å². The van der Waals surface area contributed by atoms with E-state index < -0.39 is 11.6 Å². The summed E-state index contributed by atoms with van der Waals surface area (Å²) >= 11 is 1.25. The van der Waals surface area contributed by atoms with E-state index in [1.165, 1.54) is 28.6 Å². The lowest BCUT2D eigenvalue weighted by Crippen LogP contribution is -2.14. The molecule has 2 aromatic carbocycles. The molecule has 0 atom stereocenters. The number of fused-ring (bicyclic) bond motifs is 1. The maximum atomic E-state index is 14.6. The molecule has 5 rings (SSSR count). The molecule has 0 aliphatic carbocycles. The van der Waals surface area contributed by atoms with Crippen molar-refractivity contribution in [2.45, 2.75) is 18.7 Å². The quantitative estimate of drug-likeness (QED) is 0.389. The fraction of sp³-hybridized carbons (Fsp3) is 0.0833. The zero-order valence-corrected chi connectivity index (χ0v) is 18.5. The first kappa shape index (κ1) is 21.6. The summed E-state index contributed by atoms with van der Waals surface area (Å²) in [6.45, 7) is 1.92. The summed E-state index contributed by atoms with van der Waals surface area (Å²) in [5, 5.41) is 22.0. The minimum absolute atomic E-state index is 0.148. The lowest BCUT2D eigenvalue weighted by atomic mass is 10.1. The molecule has 4 aromatic rings. The average Bonchev–Trinajstić information content (AvgIpc) is 3.44. The van der Waals surface area contributed by atoms with Gasteiger partial charge < -0.3 is 9.15 Å². The molecule has 0 bridgehead atoms. The van der Waals surface area contributed by atoms with Gasteiger partial charge in [-0.2, -0.15) is 15.0 Å². The molecule has 0 N–H and O–H groups in total. The molecular weight excluding hydrogens is 460 g/mol. The van der Waals surface area contributed by atoms with Gasteiger partial charge in [-0.05, 0) is 73.3 Å². The minimum Gasteiger partial charge on any atom is -0.486 e. The van der Waals surface area contributed by atoms with Crippen LogP contribution in [-0.2, 0) is 6.61 Å². The molecule has 7 nitrogen and oxygen atoms in total. The Hall–Kier alpha value is -4.23. The molecule has 2 aromatic heterocycles. The van der Waals surface area contributed by atoms with Gasteiger partial charge in [0.1, 0.15) is 41.2 Å². The monoisotopic (exact) mass is 475 g/mol. The van der Waals surface area contributed by atoms with Gasteiger partial charge in [0.15, 0.2) is 5.82 Å². The second kappa shape index (κ2) is 8.96. The normalized spacial score (nSPS) is 13.9. The van der Waals surface area contributed by atoms with Gasteiger partial charge in [0.2, 0.25) is 5.16 Å². The first-order valence-electron chi connectivity index (χ1n) is 10.1. The first-order valence-corrected chi connectivity index (χ1v) is 10.9. The summed E-state index contributed by atoms with van der Waals surface area (Å²) in [7, 11) is 0. The topological polar surface area (TPSA) is 89.2 Å². The highest BCUT2D eigenvalue weighted by atomic mass is 32.2. The molecule has 1 aliphatic rings. The molecule has 0 fully saturated rings. The minimum atomic E-state index is -0.727. The Morgan fingerprint density at radius 1 is 1.12 bits per heavy atom. The number of furan rings is 1. The van der Waals surface area contributed by atoms with Crippen LogP contribution < -0.4 is 4.74 Å². The number of nitrogens with zero attached hydrogens (tertiary/aromatic N) is 5. The molecule has 0 saturated heterocycles. The molecule has 34 heavy (non-hydrogen) atoms. The van der Waals surface area contributed by atoms with Gasteiger partial charge in [-0.25, -0.2) is 8.78 Å². The Bertz CT molecular complexity index is 1480. The van der Waals surface area contributed by atoms with Crippen molar-refractivity contribution in [1.29, 1.82) is 5.26 Å². The summed E-state index contributed by atoms with van der Waals surface area (Å²) < 4.78 is 41.2. The standard InChI is InChI=1S/C24H15F2N5O2S/c1-14-28-29-24-31(14)30-23(20-9-4-16(25)10-21(20)26)22(34-24)11-18-7-8-19(33-18)13-32-17-5-2-15(12-27)3-6-17/h2-11H,13H2,1H3/b22-11+. The number of hydrogen-bond acceptors (Lipinski definition) is 7. The molecule has 0 amide bonds. The second-order valence-corrected chi connectivity index (χ2v) is 8.26. The fourth-order valence-electron chi connectivity index (χ4n) is 3.24. The van der Waals surface area contributed by atoms with Crippen LogP contribution in [0.3, 0.4) is 0 Å². The summed E-state index contributed by atoms with van der Waals surface area (Å²) in [5.74, 6) is 0.824. The number of nitriles is 1. The Kier molecular flexibility index (Phi) is 5.69. The lowest BCUT2D eigenvalue weighted by Gasteiger charge is -2.16. The molecule has 168 valence electrons. The van der Waals surface area contributed by atoms with Crippen molar-refractivity contribution >= 4 is 23.5 Å². The van der Waals surface area contributed by atoms with Crippen molar-refractivity contribution < 1.29 is 17.9 Å². The number of aryl methyl sites for hydroxylation is 1. The number of benzene rings is 2. The van der Waals surface area contributed by atoms with E-state index in [0.29, 0.717) is 44.4 Å². The Balaban J connectivity index is 1.42. The molecule has 3 heterocycles. The van der Waals surface area contributed by atoms with Crippen LogP contribution in [0.4, 0.5) is 8.78 Å². The summed E-state index contributed by atoms with van der Waals surface area (Å²) in [6.07, 6.45) is 1.71. The van der Waals surface area contributed by atoms with E-state index >= 15 is 0 Å². The van der Waals surface area contributed by atoms with Gasteiger partial charge in [-0.1, -0.05) is 0 Å². The number of rotatable bonds is 5. The summed E-state index contributed by atoms with van der Waals surface area (Å²) in [5.41, 5.74) is 1.00. The Morgan fingerprint density at radius 2 is 1.94 bits per heavy atom. The fourth-order valence-corrected chi connectivity index (χ4v) is 4.20. The molecular formula is C24H15F2N5O2S. The number of ether oxygens (including phenoxy) is 1. The van der Waals surface area contributed by atoms with Crippen LogP contribution in [0.5, 0.6) is 5.75 Å². The van der Waals surface area contributed by atoms with Crippen LogP contribution in [0.1, 0.15) is 28.5 Å². The van der Waals surface area contributed by atoms with E-state index in [4.69, 9.17) is 14.4 Å². The highest BCUT2D eigenvalue weighted by Crippen LogP contribution is 2.35. The number of thioether (sulfide) groups is 1. The third-order valence-electron chi connectivity index (χ3n) is 4.91. The van der Waals surface area contributed by atoms with E-state index in [0.717, 1.165) is 6.07 Å². The predicted octanol–water partition coefficient (Wildman–Crippen LogP) is 5.31. The van der Waals surface area contributed by atoms with E-state index in [1.54, 1.807) is 49.4 Å². The van der Waals surface area contributed by atoms with Crippen molar-refractivity contribution in [3.8, 4) is 11.8 Å². The van der Waals surface area contributed by atoms with Crippen LogP contribution in [-0.4, -0.2) is 20.6 Å². The van der Waals surface area contributed by atoms with Crippen LogP contribution in [0, 0.1) is 29.9 Å². The smallest absolute Gasteiger partial charge is 0.216 e. The first-order chi connectivity index (χ1) is 16.5. The van der Waals surface area contributed by atoms with E-state index in [2.05, 4.69) is 21.4 Å². The van der Waals surface area contributed by atoms with Gasteiger partial charge in [0.25, 0.3) is 0 Å². The van der Waals surface area contributed by atoms with Gasteiger partial charge >= 0.3 is 0 Å². The third-order valence-corrected chi connectivity index (χ3v) is 5.88.